The fraction of sp³-hybridized carbons (Fsp3) is 0.571. The molecule has 0 N–H and O–H groups in total. The Bertz CT molecular complexity index is 550. The van der Waals surface area contributed by atoms with Crippen molar-refractivity contribution in [1.29, 1.82) is 0 Å². The van der Waals surface area contributed by atoms with Crippen LogP contribution in [0.2, 0.25) is 0 Å². The topological polar surface area (TPSA) is 49.6 Å². The molecule has 0 aliphatic carbocycles. The van der Waals surface area contributed by atoms with Gasteiger partial charge >= 0.3 is 0 Å². The second kappa shape index (κ2) is 4.91. The Morgan fingerprint density at radius 1 is 1.24 bits per heavy atom. The van der Waals surface area contributed by atoms with E-state index in [1.807, 2.05) is 16.8 Å². The van der Waals surface area contributed by atoms with Gasteiger partial charge in [0.25, 0.3) is 11.6 Å². The van der Waals surface area contributed by atoms with Crippen LogP contribution in [-0.2, 0) is 0 Å². The second-order valence-corrected chi connectivity index (χ2v) is 5.96. The second-order valence-electron chi connectivity index (χ2n) is 5.96. The number of benzene rings is 1. The van der Waals surface area contributed by atoms with E-state index in [0.29, 0.717) is 19.6 Å². The zero-order valence-corrected chi connectivity index (χ0v) is 11.7. The summed E-state index contributed by atoms with van der Waals surface area (Å²) in [6.07, 6.45) is -0.154. The Morgan fingerprint density at radius 2 is 1.90 bits per heavy atom. The van der Waals surface area contributed by atoms with Crippen LogP contribution in [0.25, 0.3) is 0 Å². The Labute approximate surface area is 121 Å². The maximum atomic E-state index is 14.0. The molecule has 0 radical (unpaired) electrons. The van der Waals surface area contributed by atoms with E-state index in [0.717, 1.165) is 5.69 Å². The molecule has 21 heavy (non-hydrogen) atoms. The Morgan fingerprint density at radius 3 is 2.52 bits per heavy atom. The molecular formula is C14H17F2N3O2. The number of nitro benzene ring substituents is 1. The van der Waals surface area contributed by atoms with Crippen LogP contribution in [0.3, 0.4) is 0 Å². The van der Waals surface area contributed by atoms with E-state index in [1.54, 1.807) is 12.1 Å². The lowest BCUT2D eigenvalue weighted by molar-refractivity contribution is -0.384. The van der Waals surface area contributed by atoms with E-state index < -0.39 is 16.8 Å². The van der Waals surface area contributed by atoms with Crippen LogP contribution in [0.4, 0.5) is 20.2 Å². The van der Waals surface area contributed by atoms with E-state index in [4.69, 9.17) is 0 Å². The standard InChI is InChI=1S/C14H17F2N3O2/c1-17-7-10-8-18(13(9-17)6-14(10,15)16)11-2-4-12(5-3-11)19(20)21/h2-5,10,13H,6-9H2,1H3. The number of anilines is 1. The number of piperidine rings is 1. The number of fused-ring (bicyclic) bond motifs is 4. The lowest BCUT2D eigenvalue weighted by Crippen LogP contribution is -2.52. The molecule has 1 aromatic rings. The van der Waals surface area contributed by atoms with Crippen LogP contribution >= 0.6 is 0 Å². The average Bonchev–Trinajstić information content (AvgIpc) is 2.63. The van der Waals surface area contributed by atoms with Crippen molar-refractivity contribution < 1.29 is 13.7 Å². The zero-order valence-electron chi connectivity index (χ0n) is 11.7. The first-order valence-electron chi connectivity index (χ1n) is 6.94. The largest absolute Gasteiger partial charge is 0.366 e. The van der Waals surface area contributed by atoms with Gasteiger partial charge in [0.15, 0.2) is 0 Å². The molecule has 0 spiro atoms. The predicted molar refractivity (Wildman–Crippen MR) is 74.8 cm³/mol. The maximum absolute atomic E-state index is 14.0. The predicted octanol–water partition coefficient (Wildman–Crippen LogP) is 2.37. The molecule has 3 aliphatic heterocycles. The van der Waals surface area contributed by atoms with Gasteiger partial charge in [-0.15, -0.1) is 0 Å². The van der Waals surface area contributed by atoms with Crippen molar-refractivity contribution in [1.82, 2.24) is 4.90 Å². The summed E-state index contributed by atoms with van der Waals surface area (Å²) in [5.41, 5.74) is 0.794. The van der Waals surface area contributed by atoms with E-state index in [2.05, 4.69) is 0 Å². The van der Waals surface area contributed by atoms with Crippen LogP contribution in [0, 0.1) is 16.0 Å². The van der Waals surface area contributed by atoms with Crippen molar-refractivity contribution in [2.45, 2.75) is 18.4 Å². The van der Waals surface area contributed by atoms with E-state index in [9.17, 15) is 18.9 Å². The SMILES string of the molecule is CN1CC2CC(F)(F)C(C1)CN2c1ccc([N+](=O)[O-])cc1. The third kappa shape index (κ3) is 2.57. The van der Waals surface area contributed by atoms with Gasteiger partial charge in [-0.2, -0.15) is 0 Å². The van der Waals surface area contributed by atoms with E-state index in [1.165, 1.54) is 12.1 Å². The average molecular weight is 297 g/mol. The van der Waals surface area contributed by atoms with E-state index in [-0.39, 0.29) is 18.2 Å². The summed E-state index contributed by atoms with van der Waals surface area (Å²) in [5.74, 6) is -3.33. The van der Waals surface area contributed by atoms with Crippen LogP contribution in [-0.4, -0.2) is 48.5 Å². The first-order chi connectivity index (χ1) is 9.87. The lowest BCUT2D eigenvalue weighted by Gasteiger charge is -2.42. The minimum absolute atomic E-state index is 0.0150. The Kier molecular flexibility index (Phi) is 3.32. The highest BCUT2D eigenvalue weighted by atomic mass is 19.3. The normalized spacial score (nSPS) is 28.4. The number of rotatable bonds is 2. The first-order valence-corrected chi connectivity index (χ1v) is 6.94. The lowest BCUT2D eigenvalue weighted by atomic mass is 9.90. The molecule has 5 nitrogen and oxygen atoms in total. The third-order valence-corrected chi connectivity index (χ3v) is 4.41. The van der Waals surface area contributed by atoms with Crippen molar-refractivity contribution >= 4 is 11.4 Å². The minimum Gasteiger partial charge on any atom is -0.366 e. The number of hydrogen-bond acceptors (Lipinski definition) is 4. The maximum Gasteiger partial charge on any atom is 0.269 e. The summed E-state index contributed by atoms with van der Waals surface area (Å²) >= 11 is 0. The molecular weight excluding hydrogens is 280 g/mol. The molecule has 3 saturated heterocycles. The van der Waals surface area contributed by atoms with Gasteiger partial charge in [-0.1, -0.05) is 0 Å². The van der Waals surface area contributed by atoms with Gasteiger partial charge in [0, 0.05) is 49.9 Å². The van der Waals surface area contributed by atoms with Crippen molar-refractivity contribution in [2.75, 3.05) is 31.6 Å². The monoisotopic (exact) mass is 297 g/mol. The smallest absolute Gasteiger partial charge is 0.269 e. The van der Waals surface area contributed by atoms with Crippen molar-refractivity contribution in [3.63, 3.8) is 0 Å². The highest BCUT2D eigenvalue weighted by Crippen LogP contribution is 2.41. The number of halogens is 2. The molecule has 3 heterocycles. The molecule has 3 fully saturated rings. The van der Waals surface area contributed by atoms with Crippen molar-refractivity contribution in [2.24, 2.45) is 5.92 Å². The molecule has 114 valence electrons. The molecule has 4 rings (SSSR count). The fourth-order valence-electron chi connectivity index (χ4n) is 3.36. The van der Waals surface area contributed by atoms with Gasteiger partial charge in [0.2, 0.25) is 0 Å². The molecule has 1 aromatic carbocycles. The number of non-ortho nitro benzene ring substituents is 1. The summed E-state index contributed by atoms with van der Waals surface area (Å²) in [7, 11) is 1.86. The van der Waals surface area contributed by atoms with Crippen LogP contribution in [0.1, 0.15) is 6.42 Å². The third-order valence-electron chi connectivity index (χ3n) is 4.41. The highest BCUT2D eigenvalue weighted by Gasteiger charge is 2.51. The van der Waals surface area contributed by atoms with Crippen LogP contribution in [0.5, 0.6) is 0 Å². The van der Waals surface area contributed by atoms with Crippen LogP contribution in [0.15, 0.2) is 24.3 Å². The summed E-state index contributed by atoms with van der Waals surface area (Å²) in [5, 5.41) is 10.7. The molecule has 0 saturated carbocycles. The quantitative estimate of drug-likeness (QED) is 0.621. The number of nitrogens with zero attached hydrogens (tertiary/aromatic N) is 3. The number of alkyl halides is 2. The summed E-state index contributed by atoms with van der Waals surface area (Å²) in [4.78, 5) is 14.1. The summed E-state index contributed by atoms with van der Waals surface area (Å²) in [6.45, 7) is 1.26. The molecule has 2 unspecified atom stereocenters. The Hall–Kier alpha value is -1.76. The molecule has 3 aliphatic rings. The fourth-order valence-corrected chi connectivity index (χ4v) is 3.36. The molecule has 0 aromatic heterocycles. The van der Waals surface area contributed by atoms with Crippen molar-refractivity contribution in [3.05, 3.63) is 34.4 Å². The van der Waals surface area contributed by atoms with Gasteiger partial charge in [-0.3, -0.25) is 10.1 Å². The Balaban J connectivity index is 1.88. The van der Waals surface area contributed by atoms with Gasteiger partial charge in [-0.05, 0) is 19.2 Å². The zero-order chi connectivity index (χ0) is 15.2. The van der Waals surface area contributed by atoms with Crippen molar-refractivity contribution in [3.8, 4) is 0 Å². The molecule has 7 heteroatoms. The number of nitro groups is 1. The van der Waals surface area contributed by atoms with Gasteiger partial charge in [0.05, 0.1) is 10.8 Å². The number of likely N-dealkylation sites (N-methyl/N-ethyl adjacent to an activating group) is 1. The molecule has 2 bridgehead atoms. The van der Waals surface area contributed by atoms with E-state index >= 15 is 0 Å². The summed E-state index contributed by atoms with van der Waals surface area (Å²) < 4.78 is 28.1. The number of hydrogen-bond donors (Lipinski definition) is 0. The van der Waals surface area contributed by atoms with Gasteiger partial charge in [-0.25, -0.2) is 8.78 Å². The van der Waals surface area contributed by atoms with Gasteiger partial charge in [0.1, 0.15) is 0 Å². The minimum atomic E-state index is -2.63. The first kappa shape index (κ1) is 14.2. The van der Waals surface area contributed by atoms with Gasteiger partial charge < -0.3 is 9.80 Å². The molecule has 0 amide bonds. The summed E-state index contributed by atoms with van der Waals surface area (Å²) in [6, 6.07) is 5.89. The highest BCUT2D eigenvalue weighted by molar-refractivity contribution is 5.52. The van der Waals surface area contributed by atoms with Crippen LogP contribution < -0.4 is 4.90 Å². The molecule has 2 atom stereocenters.